The number of benzene rings is 1. The highest BCUT2D eigenvalue weighted by molar-refractivity contribution is 5.95. The highest BCUT2D eigenvalue weighted by atomic mass is 19.4. The minimum atomic E-state index is -4.43. The lowest BCUT2D eigenvalue weighted by Crippen LogP contribution is -2.48. The van der Waals surface area contributed by atoms with Crippen molar-refractivity contribution in [2.75, 3.05) is 13.2 Å². The van der Waals surface area contributed by atoms with E-state index in [-0.39, 0.29) is 18.8 Å². The number of rotatable bonds is 5. The highest BCUT2D eigenvalue weighted by Crippen LogP contribution is 2.29. The zero-order chi connectivity index (χ0) is 21.0. The van der Waals surface area contributed by atoms with Gasteiger partial charge in [0.2, 0.25) is 0 Å². The van der Waals surface area contributed by atoms with Gasteiger partial charge in [0.15, 0.2) is 5.69 Å². The maximum atomic E-state index is 12.9. The molecule has 0 spiro atoms. The van der Waals surface area contributed by atoms with Crippen molar-refractivity contribution in [2.24, 2.45) is 0 Å². The van der Waals surface area contributed by atoms with Gasteiger partial charge >= 0.3 is 12.1 Å². The van der Waals surface area contributed by atoms with Crippen LogP contribution in [0.15, 0.2) is 30.5 Å². The molecule has 1 amide bonds. The molecule has 0 aliphatic carbocycles. The molecule has 1 aromatic carbocycles. The Morgan fingerprint density at radius 1 is 1.28 bits per heavy atom. The first-order valence-corrected chi connectivity index (χ1v) is 9.33. The van der Waals surface area contributed by atoms with E-state index in [9.17, 15) is 22.8 Å². The molecule has 1 saturated heterocycles. The number of likely N-dealkylation sites (tertiary alicyclic amines) is 1. The van der Waals surface area contributed by atoms with E-state index in [0.717, 1.165) is 25.0 Å². The summed E-state index contributed by atoms with van der Waals surface area (Å²) in [5.74, 6) is -0.894. The first-order chi connectivity index (χ1) is 13.8. The smallest absolute Gasteiger partial charge is 0.416 e. The van der Waals surface area contributed by atoms with E-state index < -0.39 is 29.7 Å². The number of piperidine rings is 1. The van der Waals surface area contributed by atoms with Crippen LogP contribution < -0.4 is 0 Å². The maximum absolute atomic E-state index is 12.9. The largest absolute Gasteiger partial charge is 0.464 e. The lowest BCUT2D eigenvalue weighted by atomic mass is 10.0. The van der Waals surface area contributed by atoms with Gasteiger partial charge in [0.25, 0.3) is 5.91 Å². The van der Waals surface area contributed by atoms with Gasteiger partial charge in [0, 0.05) is 6.54 Å². The third-order valence-corrected chi connectivity index (χ3v) is 4.68. The van der Waals surface area contributed by atoms with Gasteiger partial charge in [-0.05, 0) is 43.9 Å². The highest BCUT2D eigenvalue weighted by Gasteiger charge is 2.35. The van der Waals surface area contributed by atoms with E-state index in [1.54, 1.807) is 13.0 Å². The molecule has 10 heteroatoms. The average molecular weight is 410 g/mol. The van der Waals surface area contributed by atoms with Crippen molar-refractivity contribution in [1.82, 2.24) is 19.9 Å². The molecule has 0 saturated carbocycles. The molecule has 2 heterocycles. The fourth-order valence-corrected chi connectivity index (χ4v) is 3.31. The van der Waals surface area contributed by atoms with Gasteiger partial charge in [-0.15, -0.1) is 5.10 Å². The summed E-state index contributed by atoms with van der Waals surface area (Å²) in [5.41, 5.74) is -0.337. The fraction of sp³-hybridized carbons (Fsp3) is 0.474. The first-order valence-electron chi connectivity index (χ1n) is 9.33. The van der Waals surface area contributed by atoms with Crippen LogP contribution in [0.3, 0.4) is 0 Å². The predicted octanol–water partition coefficient (Wildman–Crippen LogP) is 2.90. The third-order valence-electron chi connectivity index (χ3n) is 4.68. The second kappa shape index (κ2) is 8.62. The Bertz CT molecular complexity index is 882. The van der Waals surface area contributed by atoms with Gasteiger partial charge in [0.1, 0.15) is 6.04 Å². The topological polar surface area (TPSA) is 77.3 Å². The number of alkyl halides is 3. The van der Waals surface area contributed by atoms with Crippen LogP contribution in [0.5, 0.6) is 0 Å². The summed E-state index contributed by atoms with van der Waals surface area (Å²) < 4.78 is 44.9. The van der Waals surface area contributed by atoms with Crippen LogP contribution in [0.1, 0.15) is 47.8 Å². The van der Waals surface area contributed by atoms with Crippen LogP contribution >= 0.6 is 0 Å². The summed E-state index contributed by atoms with van der Waals surface area (Å²) in [6.07, 6.45) is -0.965. The third kappa shape index (κ3) is 4.93. The second-order valence-corrected chi connectivity index (χ2v) is 6.76. The molecule has 0 unspecified atom stereocenters. The average Bonchev–Trinajstić information content (AvgIpc) is 3.15. The summed E-state index contributed by atoms with van der Waals surface area (Å²) in [6, 6.07) is 4.22. The number of amides is 1. The minimum Gasteiger partial charge on any atom is -0.464 e. The summed E-state index contributed by atoms with van der Waals surface area (Å²) >= 11 is 0. The number of halogens is 3. The zero-order valence-corrected chi connectivity index (χ0v) is 15.9. The molecule has 1 aliphatic heterocycles. The standard InChI is InChI=1S/C19H21F3N4O3/c1-2-29-18(28)16-8-3-4-9-26(16)17(27)15-12-25(24-23-15)11-13-6-5-7-14(10-13)19(20,21)22/h5-7,10,12,16H,2-4,8-9,11H2,1H3/t16-/m0/s1. The van der Waals surface area contributed by atoms with Crippen molar-refractivity contribution in [3.63, 3.8) is 0 Å². The molecule has 0 N–H and O–H groups in total. The maximum Gasteiger partial charge on any atom is 0.416 e. The van der Waals surface area contributed by atoms with Gasteiger partial charge in [-0.2, -0.15) is 13.2 Å². The van der Waals surface area contributed by atoms with E-state index in [0.29, 0.717) is 18.5 Å². The Labute approximate surface area is 165 Å². The Balaban J connectivity index is 1.73. The van der Waals surface area contributed by atoms with Crippen molar-refractivity contribution in [2.45, 2.75) is 44.9 Å². The van der Waals surface area contributed by atoms with Gasteiger partial charge in [-0.3, -0.25) is 4.79 Å². The Morgan fingerprint density at radius 2 is 2.07 bits per heavy atom. The van der Waals surface area contributed by atoms with Crippen LogP contribution in [0, 0.1) is 0 Å². The van der Waals surface area contributed by atoms with Crippen molar-refractivity contribution < 1.29 is 27.5 Å². The number of carbonyl (C=O) groups is 2. The predicted molar refractivity (Wildman–Crippen MR) is 95.9 cm³/mol. The fourth-order valence-electron chi connectivity index (χ4n) is 3.31. The molecule has 156 valence electrons. The molecule has 3 rings (SSSR count). The normalized spacial score (nSPS) is 17.2. The second-order valence-electron chi connectivity index (χ2n) is 6.76. The monoisotopic (exact) mass is 410 g/mol. The number of ether oxygens (including phenoxy) is 1. The van der Waals surface area contributed by atoms with E-state index in [1.165, 1.54) is 21.8 Å². The van der Waals surface area contributed by atoms with Gasteiger partial charge in [-0.1, -0.05) is 17.3 Å². The number of aromatic nitrogens is 3. The van der Waals surface area contributed by atoms with Crippen molar-refractivity contribution >= 4 is 11.9 Å². The number of hydrogen-bond acceptors (Lipinski definition) is 5. The van der Waals surface area contributed by atoms with E-state index in [2.05, 4.69) is 10.3 Å². The Kier molecular flexibility index (Phi) is 6.19. The molecule has 0 bridgehead atoms. The number of carbonyl (C=O) groups excluding carboxylic acids is 2. The molecule has 29 heavy (non-hydrogen) atoms. The van der Waals surface area contributed by atoms with E-state index in [4.69, 9.17) is 4.74 Å². The van der Waals surface area contributed by atoms with Gasteiger partial charge in [0.05, 0.1) is 24.9 Å². The van der Waals surface area contributed by atoms with E-state index in [1.807, 2.05) is 0 Å². The SMILES string of the molecule is CCOC(=O)[C@@H]1CCCCN1C(=O)c1cn(Cc2cccc(C(F)(F)F)c2)nn1. The molecule has 1 atom stereocenters. The lowest BCUT2D eigenvalue weighted by molar-refractivity contribution is -0.149. The molecule has 1 aromatic heterocycles. The summed E-state index contributed by atoms with van der Waals surface area (Å²) in [4.78, 5) is 26.4. The van der Waals surface area contributed by atoms with Crippen LogP contribution in [-0.2, 0) is 22.3 Å². The zero-order valence-electron chi connectivity index (χ0n) is 15.9. The Hall–Kier alpha value is -2.91. The summed E-state index contributed by atoms with van der Waals surface area (Å²) in [7, 11) is 0. The molecule has 1 aliphatic rings. The lowest BCUT2D eigenvalue weighted by Gasteiger charge is -2.33. The molecule has 2 aromatic rings. The van der Waals surface area contributed by atoms with Crippen LogP contribution in [0.4, 0.5) is 13.2 Å². The molecule has 1 fully saturated rings. The minimum absolute atomic E-state index is 0.0332. The summed E-state index contributed by atoms with van der Waals surface area (Å²) in [5, 5.41) is 7.69. The van der Waals surface area contributed by atoms with Crippen molar-refractivity contribution in [3.8, 4) is 0 Å². The molecule has 7 nitrogen and oxygen atoms in total. The number of esters is 1. The van der Waals surface area contributed by atoms with Gasteiger partial charge in [-0.25, -0.2) is 9.48 Å². The quantitative estimate of drug-likeness (QED) is 0.709. The van der Waals surface area contributed by atoms with Crippen molar-refractivity contribution in [1.29, 1.82) is 0 Å². The molecular weight excluding hydrogens is 389 g/mol. The number of hydrogen-bond donors (Lipinski definition) is 0. The van der Waals surface area contributed by atoms with Crippen molar-refractivity contribution in [3.05, 3.63) is 47.3 Å². The van der Waals surface area contributed by atoms with Crippen LogP contribution in [0.25, 0.3) is 0 Å². The Morgan fingerprint density at radius 3 is 2.79 bits per heavy atom. The number of nitrogens with zero attached hydrogens (tertiary/aromatic N) is 4. The van der Waals surface area contributed by atoms with Gasteiger partial charge < -0.3 is 9.64 Å². The molecule has 0 radical (unpaired) electrons. The summed E-state index contributed by atoms with van der Waals surface area (Å²) in [6.45, 7) is 2.37. The first kappa shape index (κ1) is 20.8. The van der Waals surface area contributed by atoms with E-state index >= 15 is 0 Å². The van der Waals surface area contributed by atoms with Crippen LogP contribution in [-0.4, -0.2) is 51.0 Å². The van der Waals surface area contributed by atoms with Crippen LogP contribution in [0.2, 0.25) is 0 Å². The molecular formula is C19H21F3N4O3.